The molecule has 1 aromatic rings. The lowest BCUT2D eigenvalue weighted by atomic mass is 10.1. The first-order chi connectivity index (χ1) is 13.0. The summed E-state index contributed by atoms with van der Waals surface area (Å²) in [5.74, 6) is 0.782. The second kappa shape index (κ2) is 10.8. The lowest BCUT2D eigenvalue weighted by Gasteiger charge is -2.22. The molecule has 1 aromatic carbocycles. The van der Waals surface area contributed by atoms with E-state index < -0.39 is 0 Å². The number of amides is 1. The Morgan fingerprint density at radius 3 is 2.59 bits per heavy atom. The molecule has 6 heteroatoms. The van der Waals surface area contributed by atoms with Gasteiger partial charge in [0, 0.05) is 37.8 Å². The van der Waals surface area contributed by atoms with Crippen molar-refractivity contribution >= 4 is 17.6 Å². The van der Waals surface area contributed by atoms with Crippen LogP contribution < -0.4 is 20.9 Å². The number of rotatable bonds is 8. The Bertz CT molecular complexity index is 623. The summed E-state index contributed by atoms with van der Waals surface area (Å²) in [7, 11) is 0. The maximum Gasteiger partial charge on any atom is 0.222 e. The second-order valence-electron chi connectivity index (χ2n) is 7.39. The van der Waals surface area contributed by atoms with Gasteiger partial charge in [0.1, 0.15) is 0 Å². The summed E-state index contributed by atoms with van der Waals surface area (Å²) in [4.78, 5) is 18.8. The smallest absolute Gasteiger partial charge is 0.222 e. The Hall–Kier alpha value is -2.24. The fourth-order valence-electron chi connectivity index (χ4n) is 3.24. The Morgan fingerprint density at radius 1 is 1.19 bits per heavy atom. The molecule has 0 radical (unpaired) electrons. The van der Waals surface area contributed by atoms with Crippen LogP contribution in [0.4, 0.5) is 5.69 Å². The predicted octanol–water partition coefficient (Wildman–Crippen LogP) is 2.82. The van der Waals surface area contributed by atoms with E-state index in [1.807, 2.05) is 20.8 Å². The van der Waals surface area contributed by atoms with Gasteiger partial charge in [0.25, 0.3) is 0 Å². The molecule has 0 saturated carbocycles. The van der Waals surface area contributed by atoms with Crippen LogP contribution in [-0.2, 0) is 4.79 Å². The predicted molar refractivity (Wildman–Crippen MR) is 113 cm³/mol. The van der Waals surface area contributed by atoms with Gasteiger partial charge in [-0.1, -0.05) is 12.1 Å². The highest BCUT2D eigenvalue weighted by atomic mass is 16.1. The number of carbonyl (C=O) groups excluding carboxylic acids is 1. The molecule has 0 aromatic heterocycles. The van der Waals surface area contributed by atoms with Crippen molar-refractivity contribution in [1.29, 1.82) is 0 Å². The average Bonchev–Trinajstić information content (AvgIpc) is 3.16. The van der Waals surface area contributed by atoms with Gasteiger partial charge in [-0.15, -0.1) is 0 Å². The third-order valence-corrected chi connectivity index (χ3v) is 4.60. The van der Waals surface area contributed by atoms with Gasteiger partial charge in [-0.3, -0.25) is 9.79 Å². The van der Waals surface area contributed by atoms with Crippen LogP contribution in [0.1, 0.15) is 58.6 Å². The van der Waals surface area contributed by atoms with Gasteiger partial charge < -0.3 is 20.9 Å². The first kappa shape index (κ1) is 21.1. The van der Waals surface area contributed by atoms with E-state index in [4.69, 9.17) is 0 Å². The van der Waals surface area contributed by atoms with E-state index in [1.165, 1.54) is 24.1 Å². The minimum absolute atomic E-state index is 0.0379. The van der Waals surface area contributed by atoms with Gasteiger partial charge >= 0.3 is 0 Å². The molecule has 1 fully saturated rings. The van der Waals surface area contributed by atoms with Crippen molar-refractivity contribution in [2.75, 3.05) is 31.1 Å². The third kappa shape index (κ3) is 7.12. The van der Waals surface area contributed by atoms with E-state index in [0.29, 0.717) is 13.0 Å². The molecule has 1 amide bonds. The van der Waals surface area contributed by atoms with Crippen molar-refractivity contribution in [3.8, 4) is 0 Å². The van der Waals surface area contributed by atoms with Crippen molar-refractivity contribution in [1.82, 2.24) is 16.0 Å². The number of benzene rings is 1. The maximum atomic E-state index is 11.8. The van der Waals surface area contributed by atoms with Crippen LogP contribution in [0.15, 0.2) is 29.3 Å². The molecule has 1 heterocycles. The van der Waals surface area contributed by atoms with Crippen molar-refractivity contribution in [2.24, 2.45) is 4.99 Å². The van der Waals surface area contributed by atoms with E-state index >= 15 is 0 Å². The van der Waals surface area contributed by atoms with Gasteiger partial charge in [-0.25, -0.2) is 0 Å². The highest BCUT2D eigenvalue weighted by molar-refractivity contribution is 5.81. The molecule has 0 aliphatic carbocycles. The molecular formula is C21H35N5O. The number of anilines is 1. The molecular weight excluding hydrogens is 338 g/mol. The first-order valence-electron chi connectivity index (χ1n) is 10.2. The Labute approximate surface area is 163 Å². The minimum atomic E-state index is 0.0379. The van der Waals surface area contributed by atoms with Crippen LogP contribution in [0, 0.1) is 0 Å². The quantitative estimate of drug-likeness (QED) is 0.484. The molecule has 6 nitrogen and oxygen atoms in total. The molecule has 1 atom stereocenters. The van der Waals surface area contributed by atoms with Crippen LogP contribution in [-0.4, -0.2) is 44.1 Å². The van der Waals surface area contributed by atoms with E-state index in [1.54, 1.807) is 0 Å². The SMILES string of the molecule is CCNC(=NCCC(=O)NC(C)C)NC(C)c1cccc(N2CCCC2)c1. The monoisotopic (exact) mass is 373 g/mol. The van der Waals surface area contributed by atoms with Crippen molar-refractivity contribution in [3.05, 3.63) is 29.8 Å². The molecule has 1 unspecified atom stereocenters. The summed E-state index contributed by atoms with van der Waals surface area (Å²) < 4.78 is 0. The Morgan fingerprint density at radius 2 is 1.93 bits per heavy atom. The van der Waals surface area contributed by atoms with Gasteiger partial charge in [-0.2, -0.15) is 0 Å². The Kier molecular flexibility index (Phi) is 8.43. The normalized spacial score (nSPS) is 15.7. The summed E-state index contributed by atoms with van der Waals surface area (Å²) in [5.41, 5.74) is 2.54. The lowest BCUT2D eigenvalue weighted by Crippen LogP contribution is -2.39. The van der Waals surface area contributed by atoms with Crippen LogP contribution in [0.5, 0.6) is 0 Å². The molecule has 27 heavy (non-hydrogen) atoms. The average molecular weight is 374 g/mol. The number of aliphatic imine (C=N–C) groups is 1. The fraction of sp³-hybridized carbons (Fsp3) is 0.619. The van der Waals surface area contributed by atoms with Gasteiger partial charge in [0.05, 0.1) is 12.6 Å². The van der Waals surface area contributed by atoms with Crippen molar-refractivity contribution in [2.45, 2.75) is 59.0 Å². The second-order valence-corrected chi connectivity index (χ2v) is 7.39. The summed E-state index contributed by atoms with van der Waals surface area (Å²) in [6.45, 7) is 11.7. The van der Waals surface area contributed by atoms with Gasteiger partial charge in [0.2, 0.25) is 5.91 Å². The number of guanidine groups is 1. The third-order valence-electron chi connectivity index (χ3n) is 4.60. The van der Waals surface area contributed by atoms with E-state index in [2.05, 4.69) is 57.0 Å². The number of carbonyl (C=O) groups is 1. The summed E-state index contributed by atoms with van der Waals surface area (Å²) in [5, 5.41) is 9.61. The minimum Gasteiger partial charge on any atom is -0.372 e. The molecule has 0 spiro atoms. The number of nitrogens with zero attached hydrogens (tertiary/aromatic N) is 2. The molecule has 0 bridgehead atoms. The molecule has 2 rings (SSSR count). The van der Waals surface area contributed by atoms with Crippen molar-refractivity contribution < 1.29 is 4.79 Å². The van der Waals surface area contributed by atoms with Crippen LogP contribution in [0.2, 0.25) is 0 Å². The van der Waals surface area contributed by atoms with Gasteiger partial charge in [0.15, 0.2) is 5.96 Å². The highest BCUT2D eigenvalue weighted by Gasteiger charge is 2.14. The molecule has 1 saturated heterocycles. The maximum absolute atomic E-state index is 11.8. The zero-order valence-electron chi connectivity index (χ0n) is 17.2. The van der Waals surface area contributed by atoms with Crippen LogP contribution in [0.3, 0.4) is 0 Å². The Balaban J connectivity index is 1.95. The molecule has 1 aliphatic rings. The number of nitrogens with one attached hydrogen (secondary N) is 3. The standard InChI is InChI=1S/C21H35N5O/c1-5-22-21(23-12-11-20(27)24-16(2)3)25-17(4)18-9-8-10-19(15-18)26-13-6-7-14-26/h8-10,15-17H,5-7,11-14H2,1-4H3,(H,24,27)(H2,22,23,25). The lowest BCUT2D eigenvalue weighted by molar-refractivity contribution is -0.121. The van der Waals surface area contributed by atoms with Crippen molar-refractivity contribution in [3.63, 3.8) is 0 Å². The summed E-state index contributed by atoms with van der Waals surface area (Å²) >= 11 is 0. The van der Waals surface area contributed by atoms with E-state index in [9.17, 15) is 4.79 Å². The highest BCUT2D eigenvalue weighted by Crippen LogP contribution is 2.23. The topological polar surface area (TPSA) is 68.8 Å². The zero-order chi connectivity index (χ0) is 19.6. The van der Waals surface area contributed by atoms with Gasteiger partial charge in [-0.05, 0) is 58.2 Å². The molecule has 150 valence electrons. The van der Waals surface area contributed by atoms with E-state index in [0.717, 1.165) is 25.6 Å². The fourth-order valence-corrected chi connectivity index (χ4v) is 3.24. The number of hydrogen-bond acceptors (Lipinski definition) is 3. The number of hydrogen-bond donors (Lipinski definition) is 3. The summed E-state index contributed by atoms with van der Waals surface area (Å²) in [6.07, 6.45) is 2.95. The van der Waals surface area contributed by atoms with Crippen LogP contribution >= 0.6 is 0 Å². The molecule has 3 N–H and O–H groups in total. The summed E-state index contributed by atoms with van der Waals surface area (Å²) in [6, 6.07) is 9.03. The largest absolute Gasteiger partial charge is 0.372 e. The molecule has 1 aliphatic heterocycles. The first-order valence-corrected chi connectivity index (χ1v) is 10.2. The van der Waals surface area contributed by atoms with E-state index in [-0.39, 0.29) is 18.0 Å². The zero-order valence-corrected chi connectivity index (χ0v) is 17.2. The van der Waals surface area contributed by atoms with Crippen LogP contribution in [0.25, 0.3) is 0 Å².